The first-order chi connectivity index (χ1) is 30.7. The van der Waals surface area contributed by atoms with Crippen molar-refractivity contribution in [3.8, 4) is 27.9 Å². The minimum absolute atomic E-state index is 0.0396. The Morgan fingerprint density at radius 1 is 0.532 bits per heavy atom. The van der Waals surface area contributed by atoms with Gasteiger partial charge in [-0.05, 0) is 76.2 Å². The van der Waals surface area contributed by atoms with Gasteiger partial charge in [0.15, 0.2) is 5.58 Å². The lowest BCUT2D eigenvalue weighted by Gasteiger charge is -2.27. The Morgan fingerprint density at radius 3 is 1.74 bits per heavy atom. The van der Waals surface area contributed by atoms with Gasteiger partial charge in [-0.15, -0.1) is 0 Å². The number of rotatable bonds is 7. The lowest BCUT2D eigenvalue weighted by Crippen LogP contribution is -2.35. The molecule has 2 unspecified atom stereocenters. The van der Waals surface area contributed by atoms with E-state index >= 15 is 0 Å². The fourth-order valence-corrected chi connectivity index (χ4v) is 9.36. The van der Waals surface area contributed by atoms with Gasteiger partial charge in [0.1, 0.15) is 23.4 Å². The van der Waals surface area contributed by atoms with Crippen LogP contribution in [-0.2, 0) is 0 Å². The molecule has 12 rings (SSSR count). The van der Waals surface area contributed by atoms with Crippen molar-refractivity contribution in [1.29, 1.82) is 0 Å². The van der Waals surface area contributed by atoms with Crippen molar-refractivity contribution in [2.75, 3.05) is 0 Å². The molecule has 0 bridgehead atoms. The van der Waals surface area contributed by atoms with Gasteiger partial charge in [-0.25, -0.2) is 9.98 Å². The van der Waals surface area contributed by atoms with Gasteiger partial charge in [0.25, 0.3) is 0 Å². The van der Waals surface area contributed by atoms with Crippen molar-refractivity contribution in [2.24, 2.45) is 15.9 Å². The molecule has 2 aliphatic rings. The summed E-state index contributed by atoms with van der Waals surface area (Å²) in [6, 6.07) is 68.7. The first-order valence-electron chi connectivity index (χ1n) is 21.3. The smallest absolute Gasteiger partial charge is 0.159 e. The van der Waals surface area contributed by atoms with E-state index in [1.807, 2.05) is 6.07 Å². The molecule has 1 N–H and O–H groups in total. The van der Waals surface area contributed by atoms with E-state index in [0.717, 1.165) is 67.9 Å². The number of nitrogens with one attached hydrogen (secondary N) is 1. The number of aliphatic imine (C=N–C) groups is 2. The van der Waals surface area contributed by atoms with E-state index in [1.165, 1.54) is 44.2 Å². The molecule has 0 saturated heterocycles. The third kappa shape index (κ3) is 6.17. The van der Waals surface area contributed by atoms with Crippen LogP contribution in [0.15, 0.2) is 227 Å². The van der Waals surface area contributed by atoms with Crippen molar-refractivity contribution < 1.29 is 4.42 Å². The molecule has 62 heavy (non-hydrogen) atoms. The molecule has 2 atom stereocenters. The van der Waals surface area contributed by atoms with Crippen molar-refractivity contribution >= 4 is 61.0 Å². The highest BCUT2D eigenvalue weighted by atomic mass is 16.3. The quantitative estimate of drug-likeness (QED) is 0.175. The van der Waals surface area contributed by atoms with Crippen LogP contribution in [0.25, 0.3) is 77.3 Å². The van der Waals surface area contributed by atoms with E-state index in [2.05, 4.69) is 216 Å². The molecule has 2 aromatic heterocycles. The zero-order valence-electron chi connectivity index (χ0n) is 33.8. The van der Waals surface area contributed by atoms with Gasteiger partial charge in [0, 0.05) is 38.6 Å². The van der Waals surface area contributed by atoms with Crippen LogP contribution < -0.4 is 5.32 Å². The van der Waals surface area contributed by atoms with Crippen LogP contribution in [-0.4, -0.2) is 16.2 Å². The summed E-state index contributed by atoms with van der Waals surface area (Å²) in [6.07, 6.45) is 7.21. The van der Waals surface area contributed by atoms with E-state index in [0.29, 0.717) is 0 Å². The number of nitrogens with zero attached hydrogens (tertiary/aromatic N) is 3. The van der Waals surface area contributed by atoms with Gasteiger partial charge in [0.05, 0.1) is 16.7 Å². The summed E-state index contributed by atoms with van der Waals surface area (Å²) in [6.45, 7) is 0. The zero-order valence-corrected chi connectivity index (χ0v) is 33.8. The molecule has 1 aliphatic heterocycles. The standard InChI is InChI=1S/C57H40N4O/c1-5-15-37(16-6-1)40-27-29-42(30-28-40)56-58-55(41-21-11-4-12-22-41)59-57(60-56)46-24-14-26-52-53(46)45-23-13-25-51(54(45)62-52)61-49-33-31-43(38-17-7-2-8-18-38)35-47(49)48-36-44(32-34-50(48)61)39-19-9-3-10-20-39/h1-29,31-36,42,57H,30H2,(H,58,59,60). The van der Waals surface area contributed by atoms with E-state index in [4.69, 9.17) is 14.4 Å². The van der Waals surface area contributed by atoms with Crippen LogP contribution in [0.2, 0.25) is 0 Å². The Bertz CT molecular complexity index is 3350. The molecule has 8 aromatic carbocycles. The average Bonchev–Trinajstić information content (AvgIpc) is 3.90. The molecule has 0 spiro atoms. The highest BCUT2D eigenvalue weighted by Gasteiger charge is 2.28. The molecule has 1 aliphatic carbocycles. The molecular weight excluding hydrogens is 757 g/mol. The van der Waals surface area contributed by atoms with Gasteiger partial charge >= 0.3 is 0 Å². The Hall–Kier alpha value is -8.02. The molecule has 0 amide bonds. The van der Waals surface area contributed by atoms with Gasteiger partial charge in [-0.3, -0.25) is 0 Å². The average molecular weight is 797 g/mol. The summed E-state index contributed by atoms with van der Waals surface area (Å²) in [7, 11) is 0. The lowest BCUT2D eigenvalue weighted by molar-refractivity contribution is 0.655. The topological polar surface area (TPSA) is 54.8 Å². The summed E-state index contributed by atoms with van der Waals surface area (Å²) in [5.41, 5.74) is 14.1. The number of hydrogen-bond donors (Lipinski definition) is 1. The van der Waals surface area contributed by atoms with Crippen molar-refractivity contribution in [1.82, 2.24) is 9.88 Å². The summed E-state index contributed by atoms with van der Waals surface area (Å²) < 4.78 is 9.36. The van der Waals surface area contributed by atoms with Gasteiger partial charge < -0.3 is 14.3 Å². The lowest BCUT2D eigenvalue weighted by atomic mass is 9.92. The summed E-state index contributed by atoms with van der Waals surface area (Å²) in [5.74, 6) is 1.66. The first-order valence-corrected chi connectivity index (χ1v) is 21.3. The minimum atomic E-state index is -0.389. The number of hydrogen-bond acceptors (Lipinski definition) is 4. The number of furan rings is 1. The maximum absolute atomic E-state index is 6.99. The fourth-order valence-electron chi connectivity index (χ4n) is 9.36. The molecule has 0 radical (unpaired) electrons. The predicted octanol–water partition coefficient (Wildman–Crippen LogP) is 14.1. The SMILES string of the molecule is C1=CC(C2=NC(c3cccc4oc5c(-n6c7ccc(-c8ccccc8)cc7c7cc(-c8ccccc8)ccc76)cccc5c34)NC(c3ccccc3)=N2)CC=C1c1ccccc1. The first kappa shape index (κ1) is 35.9. The number of benzene rings is 8. The third-order valence-corrected chi connectivity index (χ3v) is 12.4. The van der Waals surface area contributed by atoms with Crippen LogP contribution in [0.5, 0.6) is 0 Å². The van der Waals surface area contributed by atoms with E-state index in [1.54, 1.807) is 0 Å². The van der Waals surface area contributed by atoms with Crippen LogP contribution in [0.1, 0.15) is 29.3 Å². The fraction of sp³-hybridized carbons (Fsp3) is 0.0526. The Labute approximate surface area is 359 Å². The summed E-state index contributed by atoms with van der Waals surface area (Å²) >= 11 is 0. The second kappa shape index (κ2) is 14.9. The molecule has 5 nitrogen and oxygen atoms in total. The summed E-state index contributed by atoms with van der Waals surface area (Å²) in [4.78, 5) is 10.6. The third-order valence-electron chi connectivity index (χ3n) is 12.4. The van der Waals surface area contributed by atoms with Crippen molar-refractivity contribution in [3.63, 3.8) is 0 Å². The zero-order chi connectivity index (χ0) is 41.0. The second-order valence-corrected chi connectivity index (χ2v) is 16.1. The molecule has 294 valence electrons. The number of aromatic nitrogens is 1. The van der Waals surface area contributed by atoms with Gasteiger partial charge in [0.2, 0.25) is 0 Å². The Morgan fingerprint density at radius 2 is 1.13 bits per heavy atom. The molecule has 0 fully saturated rings. The van der Waals surface area contributed by atoms with E-state index in [9.17, 15) is 0 Å². The maximum atomic E-state index is 6.99. The number of amidine groups is 2. The Kier molecular flexibility index (Phi) is 8.63. The van der Waals surface area contributed by atoms with Crippen molar-refractivity contribution in [2.45, 2.75) is 12.6 Å². The highest BCUT2D eigenvalue weighted by molar-refractivity contribution is 6.15. The van der Waals surface area contributed by atoms with Crippen LogP contribution >= 0.6 is 0 Å². The Balaban J connectivity index is 1.01. The molecule has 3 heterocycles. The van der Waals surface area contributed by atoms with Crippen LogP contribution in [0.4, 0.5) is 0 Å². The number of allylic oxidation sites excluding steroid dienone is 3. The normalized spacial score (nSPS) is 16.4. The largest absolute Gasteiger partial charge is 0.454 e. The van der Waals surface area contributed by atoms with Crippen LogP contribution in [0.3, 0.4) is 0 Å². The van der Waals surface area contributed by atoms with E-state index in [-0.39, 0.29) is 12.1 Å². The monoisotopic (exact) mass is 796 g/mol. The van der Waals surface area contributed by atoms with Crippen molar-refractivity contribution in [3.05, 3.63) is 229 Å². The molecule has 10 aromatic rings. The minimum Gasteiger partial charge on any atom is -0.454 e. The maximum Gasteiger partial charge on any atom is 0.159 e. The number of para-hydroxylation sites is 1. The molecule has 0 saturated carbocycles. The highest BCUT2D eigenvalue weighted by Crippen LogP contribution is 2.42. The van der Waals surface area contributed by atoms with E-state index < -0.39 is 0 Å². The van der Waals surface area contributed by atoms with Crippen LogP contribution in [0, 0.1) is 5.92 Å². The van der Waals surface area contributed by atoms with Gasteiger partial charge in [-0.2, -0.15) is 0 Å². The van der Waals surface area contributed by atoms with Gasteiger partial charge in [-0.1, -0.05) is 176 Å². The molecular formula is C57H40N4O. The second-order valence-electron chi connectivity index (χ2n) is 16.1. The summed E-state index contributed by atoms with van der Waals surface area (Å²) in [5, 5.41) is 8.21. The number of fused-ring (bicyclic) bond motifs is 6. The predicted molar refractivity (Wildman–Crippen MR) is 257 cm³/mol. The molecule has 5 heteroatoms.